The van der Waals surface area contributed by atoms with Crippen molar-refractivity contribution < 1.29 is 9.84 Å². The van der Waals surface area contributed by atoms with Crippen LogP contribution in [-0.2, 0) is 0 Å². The second-order valence-corrected chi connectivity index (χ2v) is 2.88. The number of rotatable bonds is 0. The molecule has 0 aromatic carbocycles. The van der Waals surface area contributed by atoms with Crippen LogP contribution >= 0.6 is 0 Å². The molecule has 1 aliphatic heterocycles. The third-order valence-electron chi connectivity index (χ3n) is 2.44. The lowest BCUT2D eigenvalue weighted by molar-refractivity contribution is -0.166. The lowest BCUT2D eigenvalue weighted by Gasteiger charge is -2.23. The molecule has 2 nitrogen and oxygen atoms in total. The molecule has 2 fully saturated rings. The van der Waals surface area contributed by atoms with Gasteiger partial charge in [0, 0.05) is 0 Å². The topological polar surface area (TPSA) is 33.0 Å². The molecule has 0 radical (unpaired) electrons. The molecule has 1 saturated carbocycles. The monoisotopic (exact) mass is 127 g/mol. The first-order valence-corrected chi connectivity index (χ1v) is 3.37. The third kappa shape index (κ3) is 0.540. The number of aliphatic hydroxyl groups is 3. The SMILES string of the molecule is C=C1[OH+][C@@H](O)C2CCC12. The van der Waals surface area contributed by atoms with Gasteiger partial charge >= 0.3 is 0 Å². The van der Waals surface area contributed by atoms with Gasteiger partial charge in [-0.2, -0.15) is 0 Å². The minimum Gasteiger partial charge on any atom is -0.564 e. The molecule has 2 unspecified atom stereocenters. The second kappa shape index (κ2) is 1.51. The van der Waals surface area contributed by atoms with Gasteiger partial charge in [-0.3, -0.25) is 0 Å². The molecular weight excluding hydrogens is 116 g/mol. The van der Waals surface area contributed by atoms with Crippen molar-refractivity contribution in [3.05, 3.63) is 12.3 Å². The molecule has 2 aliphatic rings. The number of hydrogen-bond donors (Lipinski definition) is 1. The lowest BCUT2D eigenvalue weighted by Crippen LogP contribution is -2.28. The van der Waals surface area contributed by atoms with Crippen LogP contribution in [-0.4, -0.2) is 16.1 Å². The highest BCUT2D eigenvalue weighted by Crippen LogP contribution is 2.46. The van der Waals surface area contributed by atoms with E-state index in [1.165, 1.54) is 6.42 Å². The standard InChI is InChI=1S/C7H10O2/c1-4-5-2-3-6(5)7(8)9-4/h5-8H,1-3H2/p+1/t5?,6?,7-/m1/s1. The first-order valence-electron chi connectivity index (χ1n) is 3.37. The highest BCUT2D eigenvalue weighted by atomic mass is 16.6. The number of allylic oxidation sites excluding steroid dienone is 1. The number of ether oxygens (including phenoxy) is 1. The molecule has 1 aliphatic carbocycles. The van der Waals surface area contributed by atoms with E-state index in [9.17, 15) is 0 Å². The van der Waals surface area contributed by atoms with Crippen LogP contribution in [0, 0.1) is 11.8 Å². The zero-order chi connectivity index (χ0) is 6.43. The van der Waals surface area contributed by atoms with Crippen LogP contribution in [0.15, 0.2) is 12.3 Å². The Morgan fingerprint density at radius 2 is 2.33 bits per heavy atom. The van der Waals surface area contributed by atoms with E-state index >= 15 is 0 Å². The zero-order valence-corrected chi connectivity index (χ0v) is 5.25. The fourth-order valence-corrected chi connectivity index (χ4v) is 1.66. The summed E-state index contributed by atoms with van der Waals surface area (Å²) in [6.07, 6.45) is 1.90. The maximum Gasteiger partial charge on any atom is 0.296 e. The van der Waals surface area contributed by atoms with E-state index in [4.69, 9.17) is 5.11 Å². The predicted octanol–water partition coefficient (Wildman–Crippen LogP) is 0.386. The van der Waals surface area contributed by atoms with Gasteiger partial charge in [0.05, 0.1) is 11.8 Å². The highest BCUT2D eigenvalue weighted by molar-refractivity contribution is 5.05. The Hall–Kier alpha value is -0.500. The van der Waals surface area contributed by atoms with Crippen LogP contribution in [0.4, 0.5) is 0 Å². The molecule has 50 valence electrons. The second-order valence-electron chi connectivity index (χ2n) is 2.88. The molecule has 2 N–H and O–H groups in total. The Morgan fingerprint density at radius 1 is 1.56 bits per heavy atom. The molecule has 0 aromatic rings. The van der Waals surface area contributed by atoms with Gasteiger partial charge in [-0.25, -0.2) is 0 Å². The third-order valence-corrected chi connectivity index (χ3v) is 2.44. The number of aliphatic hydroxyl groups excluding tert-OH is 1. The number of fused-ring (bicyclic) bond motifs is 1. The van der Waals surface area contributed by atoms with E-state index in [0.717, 1.165) is 12.2 Å². The van der Waals surface area contributed by atoms with Gasteiger partial charge in [-0.05, 0) is 19.4 Å². The first kappa shape index (κ1) is 5.30. The summed E-state index contributed by atoms with van der Waals surface area (Å²) in [5.74, 6) is 1.87. The van der Waals surface area contributed by atoms with Crippen molar-refractivity contribution in [1.82, 2.24) is 0 Å². The average molecular weight is 127 g/mol. The lowest BCUT2D eigenvalue weighted by atomic mass is 9.74. The largest absolute Gasteiger partial charge is 0.564 e. The molecule has 0 amide bonds. The molecule has 0 aromatic heterocycles. The molecule has 1 heterocycles. The van der Waals surface area contributed by atoms with Crippen LogP contribution in [0.25, 0.3) is 0 Å². The van der Waals surface area contributed by atoms with Crippen LogP contribution < -0.4 is 0 Å². The summed E-state index contributed by atoms with van der Waals surface area (Å²) in [5, 5.41) is 9.16. The van der Waals surface area contributed by atoms with E-state index in [2.05, 4.69) is 11.3 Å². The van der Waals surface area contributed by atoms with Crippen molar-refractivity contribution in [2.75, 3.05) is 0 Å². The highest BCUT2D eigenvalue weighted by Gasteiger charge is 2.51. The molecule has 0 bridgehead atoms. The molecule has 1 saturated heterocycles. The van der Waals surface area contributed by atoms with Gasteiger partial charge in [0.25, 0.3) is 6.29 Å². The summed E-state index contributed by atoms with van der Waals surface area (Å²) in [5.41, 5.74) is 0. The van der Waals surface area contributed by atoms with Crippen molar-refractivity contribution in [2.24, 2.45) is 11.8 Å². The molecule has 2 rings (SSSR count). The molecular formula is C7H11O2+. The van der Waals surface area contributed by atoms with Gasteiger partial charge in [0.15, 0.2) is 0 Å². The summed E-state index contributed by atoms with van der Waals surface area (Å²) in [6, 6.07) is 0. The van der Waals surface area contributed by atoms with Gasteiger partial charge in [0.1, 0.15) is 0 Å². The van der Waals surface area contributed by atoms with Crippen molar-refractivity contribution >= 4 is 0 Å². The number of hydrogen-bond acceptors (Lipinski definition) is 1. The van der Waals surface area contributed by atoms with Crippen LogP contribution in [0.2, 0.25) is 0 Å². The summed E-state index contributed by atoms with van der Waals surface area (Å²) in [4.78, 5) is 0. The smallest absolute Gasteiger partial charge is 0.296 e. The van der Waals surface area contributed by atoms with Crippen LogP contribution in [0.3, 0.4) is 0 Å². The first-order chi connectivity index (χ1) is 4.29. The summed E-state index contributed by atoms with van der Waals surface area (Å²) in [7, 11) is 0. The van der Waals surface area contributed by atoms with E-state index < -0.39 is 6.29 Å². The van der Waals surface area contributed by atoms with E-state index in [-0.39, 0.29) is 0 Å². The van der Waals surface area contributed by atoms with Gasteiger partial charge < -0.3 is 9.84 Å². The Bertz CT molecular complexity index is 153. The van der Waals surface area contributed by atoms with E-state index in [0.29, 0.717) is 11.8 Å². The predicted molar refractivity (Wildman–Crippen MR) is 33.6 cm³/mol. The van der Waals surface area contributed by atoms with Crippen molar-refractivity contribution in [2.45, 2.75) is 19.1 Å². The van der Waals surface area contributed by atoms with E-state index in [1.807, 2.05) is 0 Å². The maximum absolute atomic E-state index is 9.16. The zero-order valence-electron chi connectivity index (χ0n) is 5.25. The van der Waals surface area contributed by atoms with Gasteiger partial charge in [0.2, 0.25) is 5.76 Å². The average Bonchev–Trinajstić information content (AvgIpc) is 1.73. The Morgan fingerprint density at radius 3 is 2.56 bits per heavy atom. The van der Waals surface area contributed by atoms with Crippen LogP contribution in [0.5, 0.6) is 0 Å². The maximum atomic E-state index is 9.16. The Balaban J connectivity index is 2.17. The normalized spacial score (nSPS) is 47.7. The minimum atomic E-state index is -0.420. The summed E-state index contributed by atoms with van der Waals surface area (Å²) >= 11 is 0. The minimum absolute atomic E-state index is 0.420. The fraction of sp³-hybridized carbons (Fsp3) is 0.714. The van der Waals surface area contributed by atoms with Crippen molar-refractivity contribution in [3.63, 3.8) is 0 Å². The van der Waals surface area contributed by atoms with Gasteiger partial charge in [-0.15, -0.1) is 0 Å². The van der Waals surface area contributed by atoms with Gasteiger partial charge in [-0.1, -0.05) is 0 Å². The molecule has 2 heteroatoms. The van der Waals surface area contributed by atoms with Crippen molar-refractivity contribution in [3.8, 4) is 0 Å². The van der Waals surface area contributed by atoms with E-state index in [1.54, 1.807) is 0 Å². The Kier molecular flexibility index (Phi) is 0.887. The van der Waals surface area contributed by atoms with Crippen molar-refractivity contribution in [1.29, 1.82) is 0 Å². The fourth-order valence-electron chi connectivity index (χ4n) is 1.66. The quantitative estimate of drug-likeness (QED) is 0.469. The molecule has 0 spiro atoms. The summed E-state index contributed by atoms with van der Waals surface area (Å²) in [6.45, 7) is 3.76. The summed E-state index contributed by atoms with van der Waals surface area (Å²) < 4.78 is 3.97. The van der Waals surface area contributed by atoms with Crippen LogP contribution in [0.1, 0.15) is 12.8 Å². The molecule has 9 heavy (non-hydrogen) atoms. The molecule has 3 atom stereocenters. The Labute approximate surface area is 54.1 Å².